The van der Waals surface area contributed by atoms with Crippen molar-refractivity contribution < 1.29 is 4.79 Å². The number of primary amides is 1. The summed E-state index contributed by atoms with van der Waals surface area (Å²) >= 11 is 0. The zero-order valence-corrected chi connectivity index (χ0v) is 18.4. The van der Waals surface area contributed by atoms with Crippen molar-refractivity contribution in [2.24, 2.45) is 5.73 Å². The van der Waals surface area contributed by atoms with Gasteiger partial charge in [0.15, 0.2) is 0 Å². The minimum atomic E-state index is -0.520. The number of carbonyl (C=O) groups excluding carboxylic acids is 1. The SMILES string of the molecule is CCCN(C)c1ccc(Nc2cc(NCc3cccc4cc[nH]c34)c(C(N)=O)cn2)cc1. The van der Waals surface area contributed by atoms with Gasteiger partial charge in [0.05, 0.1) is 16.8 Å². The number of pyridine rings is 1. The van der Waals surface area contributed by atoms with Crippen LogP contribution in [0.2, 0.25) is 0 Å². The van der Waals surface area contributed by atoms with Gasteiger partial charge in [-0.2, -0.15) is 0 Å². The third-order valence-corrected chi connectivity index (χ3v) is 5.45. The molecule has 0 bridgehead atoms. The summed E-state index contributed by atoms with van der Waals surface area (Å²) in [5.74, 6) is 0.109. The lowest BCUT2D eigenvalue weighted by Gasteiger charge is -2.18. The molecule has 164 valence electrons. The van der Waals surface area contributed by atoms with Crippen molar-refractivity contribution in [1.82, 2.24) is 9.97 Å². The van der Waals surface area contributed by atoms with Crippen LogP contribution in [0.25, 0.3) is 10.9 Å². The monoisotopic (exact) mass is 428 g/mol. The van der Waals surface area contributed by atoms with Gasteiger partial charge < -0.3 is 26.3 Å². The predicted molar refractivity (Wildman–Crippen MR) is 132 cm³/mol. The molecule has 0 spiro atoms. The van der Waals surface area contributed by atoms with Gasteiger partial charge in [-0.05, 0) is 47.7 Å². The number of benzene rings is 2. The summed E-state index contributed by atoms with van der Waals surface area (Å²) in [6, 6.07) is 18.2. The number of hydrogen-bond acceptors (Lipinski definition) is 5. The summed E-state index contributed by atoms with van der Waals surface area (Å²) in [5.41, 5.74) is 10.8. The highest BCUT2D eigenvalue weighted by Crippen LogP contribution is 2.25. The van der Waals surface area contributed by atoms with E-state index in [-0.39, 0.29) is 0 Å². The Morgan fingerprint density at radius 1 is 1.16 bits per heavy atom. The van der Waals surface area contributed by atoms with Crippen LogP contribution >= 0.6 is 0 Å². The van der Waals surface area contributed by atoms with Gasteiger partial charge in [-0.3, -0.25) is 4.79 Å². The first-order chi connectivity index (χ1) is 15.5. The first-order valence-corrected chi connectivity index (χ1v) is 10.7. The van der Waals surface area contributed by atoms with Crippen molar-refractivity contribution in [2.45, 2.75) is 19.9 Å². The van der Waals surface area contributed by atoms with Crippen LogP contribution in [0.4, 0.5) is 22.9 Å². The molecule has 7 nitrogen and oxygen atoms in total. The van der Waals surface area contributed by atoms with E-state index < -0.39 is 5.91 Å². The Kier molecular flexibility index (Phi) is 6.26. The van der Waals surface area contributed by atoms with Crippen LogP contribution in [-0.4, -0.2) is 29.5 Å². The van der Waals surface area contributed by atoms with E-state index in [1.54, 1.807) is 0 Å². The fraction of sp³-hybridized carbons (Fsp3) is 0.200. The first-order valence-electron chi connectivity index (χ1n) is 10.7. The fourth-order valence-electron chi connectivity index (χ4n) is 3.77. The molecule has 4 rings (SSSR count). The molecule has 2 aromatic heterocycles. The maximum atomic E-state index is 11.9. The fourth-order valence-corrected chi connectivity index (χ4v) is 3.77. The van der Waals surface area contributed by atoms with Gasteiger partial charge >= 0.3 is 0 Å². The number of anilines is 4. The Bertz CT molecular complexity index is 1210. The maximum Gasteiger partial charge on any atom is 0.252 e. The number of nitrogens with two attached hydrogens (primary N) is 1. The molecule has 7 heteroatoms. The van der Waals surface area contributed by atoms with Crippen molar-refractivity contribution >= 4 is 39.7 Å². The number of aromatic nitrogens is 2. The van der Waals surface area contributed by atoms with E-state index in [0.29, 0.717) is 23.6 Å². The quantitative estimate of drug-likeness (QED) is 0.305. The van der Waals surface area contributed by atoms with E-state index in [9.17, 15) is 4.79 Å². The van der Waals surface area contributed by atoms with Gasteiger partial charge in [-0.15, -0.1) is 0 Å². The molecule has 0 saturated carbocycles. The predicted octanol–water partition coefficient (Wildman–Crippen LogP) is 4.86. The van der Waals surface area contributed by atoms with Gasteiger partial charge in [-0.25, -0.2) is 4.98 Å². The highest BCUT2D eigenvalue weighted by molar-refractivity contribution is 5.98. The lowest BCUT2D eigenvalue weighted by Crippen LogP contribution is -2.17. The second-order valence-electron chi connectivity index (χ2n) is 7.79. The summed E-state index contributed by atoms with van der Waals surface area (Å²) in [7, 11) is 2.09. The van der Waals surface area contributed by atoms with Gasteiger partial charge in [-0.1, -0.05) is 25.1 Å². The van der Waals surface area contributed by atoms with Crippen LogP contribution in [-0.2, 0) is 6.54 Å². The number of aromatic amines is 1. The highest BCUT2D eigenvalue weighted by Gasteiger charge is 2.12. The van der Waals surface area contributed by atoms with E-state index in [2.05, 4.69) is 57.7 Å². The van der Waals surface area contributed by atoms with Gasteiger partial charge in [0, 0.05) is 50.0 Å². The number of H-pyrrole nitrogens is 1. The largest absolute Gasteiger partial charge is 0.380 e. The van der Waals surface area contributed by atoms with Crippen molar-refractivity contribution in [1.29, 1.82) is 0 Å². The van der Waals surface area contributed by atoms with Crippen LogP contribution in [0.3, 0.4) is 0 Å². The summed E-state index contributed by atoms with van der Waals surface area (Å²) in [6.45, 7) is 3.71. The van der Waals surface area contributed by atoms with E-state index >= 15 is 0 Å². The molecule has 0 saturated heterocycles. The third kappa shape index (κ3) is 4.67. The van der Waals surface area contributed by atoms with Gasteiger partial charge in [0.25, 0.3) is 5.91 Å². The molecule has 0 fully saturated rings. The third-order valence-electron chi connectivity index (χ3n) is 5.45. The molecule has 0 atom stereocenters. The molecule has 32 heavy (non-hydrogen) atoms. The molecule has 0 aliphatic carbocycles. The second-order valence-corrected chi connectivity index (χ2v) is 7.79. The molecule has 2 heterocycles. The maximum absolute atomic E-state index is 11.9. The molecular formula is C25H28N6O. The standard InChI is InChI=1S/C25H28N6O/c1-3-13-31(2)20-9-7-19(8-10-20)30-23-14-22(21(16-29-23)25(26)32)28-15-18-6-4-5-17-11-12-27-24(17)18/h4-12,14,16,27H,3,13,15H2,1-2H3,(H2,26,32)(H2,28,29,30). The van der Waals surface area contributed by atoms with E-state index in [1.807, 2.05) is 42.6 Å². The topological polar surface area (TPSA) is 99.1 Å². The van der Waals surface area contributed by atoms with Crippen LogP contribution in [0.5, 0.6) is 0 Å². The minimum absolute atomic E-state index is 0.353. The van der Waals surface area contributed by atoms with Crippen LogP contribution < -0.4 is 21.3 Å². The Balaban J connectivity index is 1.53. The van der Waals surface area contributed by atoms with Gasteiger partial charge in [0.2, 0.25) is 0 Å². The Labute approximate surface area is 187 Å². The number of amides is 1. The van der Waals surface area contributed by atoms with E-state index in [4.69, 9.17) is 5.73 Å². The molecule has 5 N–H and O–H groups in total. The van der Waals surface area contributed by atoms with E-state index in [0.717, 1.165) is 40.8 Å². The van der Waals surface area contributed by atoms with Crippen molar-refractivity contribution in [3.05, 3.63) is 78.1 Å². The minimum Gasteiger partial charge on any atom is -0.380 e. The average molecular weight is 429 g/mol. The van der Waals surface area contributed by atoms with Crippen LogP contribution in [0.15, 0.2) is 67.0 Å². The van der Waals surface area contributed by atoms with Crippen molar-refractivity contribution in [3.63, 3.8) is 0 Å². The summed E-state index contributed by atoms with van der Waals surface area (Å²) in [4.78, 5) is 21.8. The number of nitrogens with one attached hydrogen (secondary N) is 3. The summed E-state index contributed by atoms with van der Waals surface area (Å²) in [6.07, 6.45) is 4.52. The molecule has 0 aliphatic rings. The number of rotatable bonds is 9. The Morgan fingerprint density at radius 2 is 1.97 bits per heavy atom. The van der Waals surface area contributed by atoms with Crippen molar-refractivity contribution in [2.75, 3.05) is 29.1 Å². The number of carbonyl (C=O) groups is 1. The smallest absolute Gasteiger partial charge is 0.252 e. The zero-order chi connectivity index (χ0) is 22.5. The van der Waals surface area contributed by atoms with Gasteiger partial charge in [0.1, 0.15) is 5.82 Å². The lowest BCUT2D eigenvalue weighted by molar-refractivity contribution is 0.100. The molecule has 4 aromatic rings. The number of fused-ring (bicyclic) bond motifs is 1. The zero-order valence-electron chi connectivity index (χ0n) is 18.4. The first kappa shape index (κ1) is 21.2. The molecule has 0 aliphatic heterocycles. The average Bonchev–Trinajstić information content (AvgIpc) is 3.28. The van der Waals surface area contributed by atoms with Crippen LogP contribution in [0, 0.1) is 0 Å². The number of nitrogens with zero attached hydrogens (tertiary/aromatic N) is 2. The Hall–Kier alpha value is -4.00. The summed E-state index contributed by atoms with van der Waals surface area (Å²) < 4.78 is 0. The molecule has 0 unspecified atom stereocenters. The second kappa shape index (κ2) is 9.43. The number of hydrogen-bond donors (Lipinski definition) is 4. The summed E-state index contributed by atoms with van der Waals surface area (Å²) in [5, 5.41) is 7.80. The molecular weight excluding hydrogens is 400 g/mol. The number of para-hydroxylation sites is 1. The normalized spacial score (nSPS) is 10.8. The lowest BCUT2D eigenvalue weighted by atomic mass is 10.1. The molecule has 2 aromatic carbocycles. The molecule has 0 radical (unpaired) electrons. The van der Waals surface area contributed by atoms with Crippen molar-refractivity contribution in [3.8, 4) is 0 Å². The Morgan fingerprint density at radius 3 is 2.72 bits per heavy atom. The van der Waals surface area contributed by atoms with E-state index in [1.165, 1.54) is 6.20 Å². The molecule has 1 amide bonds. The highest BCUT2D eigenvalue weighted by atomic mass is 16.1. The van der Waals surface area contributed by atoms with Crippen LogP contribution in [0.1, 0.15) is 29.3 Å².